The van der Waals surface area contributed by atoms with Crippen LogP contribution in [0.4, 0.5) is 5.82 Å². The Kier molecular flexibility index (Phi) is 3.50. The minimum Gasteiger partial charge on any atom is -0.493 e. The first-order valence-corrected chi connectivity index (χ1v) is 6.81. The molecule has 2 aromatic rings. The van der Waals surface area contributed by atoms with Gasteiger partial charge in [-0.1, -0.05) is 0 Å². The molecule has 0 spiro atoms. The molecule has 6 heteroatoms. The third-order valence-electron chi connectivity index (χ3n) is 3.36. The number of pyridine rings is 1. The van der Waals surface area contributed by atoms with Gasteiger partial charge in [-0.15, -0.1) is 0 Å². The number of aromatic amines is 1. The summed E-state index contributed by atoms with van der Waals surface area (Å²) in [6.45, 7) is 4.68. The molecule has 0 aromatic carbocycles. The first-order valence-electron chi connectivity index (χ1n) is 6.81. The van der Waals surface area contributed by atoms with Gasteiger partial charge in [0.1, 0.15) is 11.1 Å². The maximum absolute atomic E-state index is 5.65. The molecule has 3 rings (SSSR count). The molecule has 0 unspecified atom stereocenters. The van der Waals surface area contributed by atoms with E-state index in [9.17, 15) is 0 Å². The zero-order valence-electron chi connectivity index (χ0n) is 11.1. The molecule has 3 N–H and O–H groups in total. The van der Waals surface area contributed by atoms with Crippen molar-refractivity contribution in [3.05, 3.63) is 12.3 Å². The van der Waals surface area contributed by atoms with Gasteiger partial charge >= 0.3 is 0 Å². The number of hydrogen-bond acceptors (Lipinski definition) is 5. The zero-order valence-corrected chi connectivity index (χ0v) is 11.1. The van der Waals surface area contributed by atoms with Gasteiger partial charge in [0, 0.05) is 18.8 Å². The van der Waals surface area contributed by atoms with Crippen LogP contribution in [0.5, 0.6) is 5.75 Å². The van der Waals surface area contributed by atoms with Crippen LogP contribution >= 0.6 is 0 Å². The number of fused-ring (bicyclic) bond motifs is 1. The van der Waals surface area contributed by atoms with E-state index in [4.69, 9.17) is 4.74 Å². The van der Waals surface area contributed by atoms with E-state index in [-0.39, 0.29) is 0 Å². The highest BCUT2D eigenvalue weighted by molar-refractivity contribution is 5.92. The van der Waals surface area contributed by atoms with Crippen molar-refractivity contribution in [3.63, 3.8) is 0 Å². The Bertz CT molecular complexity index is 547. The monoisotopic (exact) mass is 261 g/mol. The quantitative estimate of drug-likeness (QED) is 0.778. The summed E-state index contributed by atoms with van der Waals surface area (Å²) < 4.78 is 5.65. The van der Waals surface area contributed by atoms with Gasteiger partial charge in [-0.05, 0) is 32.4 Å². The zero-order chi connectivity index (χ0) is 13.1. The van der Waals surface area contributed by atoms with Crippen molar-refractivity contribution < 1.29 is 4.74 Å². The Morgan fingerprint density at radius 3 is 3.26 bits per heavy atom. The smallest absolute Gasteiger partial charge is 0.161 e. The number of aromatic nitrogens is 3. The molecule has 102 valence electrons. The van der Waals surface area contributed by atoms with E-state index in [1.807, 2.05) is 13.0 Å². The van der Waals surface area contributed by atoms with Crippen LogP contribution in [0.3, 0.4) is 0 Å². The molecule has 0 bridgehead atoms. The highest BCUT2D eigenvalue weighted by atomic mass is 16.5. The predicted molar refractivity (Wildman–Crippen MR) is 74.6 cm³/mol. The second-order valence-electron chi connectivity index (χ2n) is 4.73. The van der Waals surface area contributed by atoms with E-state index in [2.05, 4.69) is 25.8 Å². The summed E-state index contributed by atoms with van der Waals surface area (Å²) in [5, 5.41) is 15.1. The summed E-state index contributed by atoms with van der Waals surface area (Å²) in [7, 11) is 0. The maximum atomic E-state index is 5.65. The number of nitrogens with zero attached hydrogens (tertiary/aromatic N) is 2. The fraction of sp³-hybridized carbons (Fsp3) is 0.538. The number of ether oxygens (including phenoxy) is 1. The van der Waals surface area contributed by atoms with Crippen molar-refractivity contribution >= 4 is 16.9 Å². The molecule has 1 saturated heterocycles. The molecule has 3 heterocycles. The molecule has 2 aromatic heterocycles. The topological polar surface area (TPSA) is 74.9 Å². The van der Waals surface area contributed by atoms with E-state index < -0.39 is 0 Å². The van der Waals surface area contributed by atoms with E-state index in [0.29, 0.717) is 12.6 Å². The molecule has 0 saturated carbocycles. The summed E-state index contributed by atoms with van der Waals surface area (Å²) in [4.78, 5) is 4.28. The molecule has 1 atom stereocenters. The van der Waals surface area contributed by atoms with Crippen molar-refractivity contribution in [1.29, 1.82) is 0 Å². The van der Waals surface area contributed by atoms with Crippen LogP contribution in [0.2, 0.25) is 0 Å². The molecular weight excluding hydrogens is 242 g/mol. The Morgan fingerprint density at radius 1 is 1.53 bits per heavy atom. The average Bonchev–Trinajstić information content (AvgIpc) is 2.85. The van der Waals surface area contributed by atoms with Crippen LogP contribution in [0.25, 0.3) is 11.0 Å². The minimum absolute atomic E-state index is 0.412. The molecule has 0 amide bonds. The van der Waals surface area contributed by atoms with Gasteiger partial charge in [0.05, 0.1) is 6.61 Å². The van der Waals surface area contributed by atoms with Crippen molar-refractivity contribution in [2.24, 2.45) is 0 Å². The molecule has 1 aliphatic heterocycles. The van der Waals surface area contributed by atoms with Crippen molar-refractivity contribution in [1.82, 2.24) is 20.5 Å². The number of rotatable bonds is 4. The lowest BCUT2D eigenvalue weighted by molar-refractivity contribution is 0.344. The van der Waals surface area contributed by atoms with Gasteiger partial charge in [-0.3, -0.25) is 5.10 Å². The van der Waals surface area contributed by atoms with E-state index in [1.165, 1.54) is 6.42 Å². The highest BCUT2D eigenvalue weighted by Crippen LogP contribution is 2.29. The van der Waals surface area contributed by atoms with Crippen LogP contribution in [-0.4, -0.2) is 40.9 Å². The van der Waals surface area contributed by atoms with E-state index in [1.54, 1.807) is 6.20 Å². The number of hydrogen-bond donors (Lipinski definition) is 3. The van der Waals surface area contributed by atoms with Crippen LogP contribution < -0.4 is 15.4 Å². The first-order chi connectivity index (χ1) is 9.38. The van der Waals surface area contributed by atoms with Gasteiger partial charge < -0.3 is 15.4 Å². The van der Waals surface area contributed by atoms with Crippen LogP contribution in [-0.2, 0) is 0 Å². The van der Waals surface area contributed by atoms with Crippen LogP contribution in [0.1, 0.15) is 19.8 Å². The fourth-order valence-corrected chi connectivity index (χ4v) is 2.47. The summed E-state index contributed by atoms with van der Waals surface area (Å²) >= 11 is 0. The lowest BCUT2D eigenvalue weighted by Gasteiger charge is -2.23. The van der Waals surface area contributed by atoms with Gasteiger partial charge in [0.2, 0.25) is 0 Å². The largest absolute Gasteiger partial charge is 0.493 e. The van der Waals surface area contributed by atoms with Gasteiger partial charge in [-0.2, -0.15) is 5.10 Å². The lowest BCUT2D eigenvalue weighted by atomic mass is 10.1. The summed E-state index contributed by atoms with van der Waals surface area (Å²) in [6, 6.07) is 2.29. The average molecular weight is 261 g/mol. The highest BCUT2D eigenvalue weighted by Gasteiger charge is 2.17. The Hall–Kier alpha value is -1.82. The SMILES string of the molecule is CCOc1ccnc2[nH]nc(N[C@@H]3CCCNC3)c12. The third kappa shape index (κ3) is 2.49. The van der Waals surface area contributed by atoms with Gasteiger partial charge in [0.25, 0.3) is 0 Å². The first kappa shape index (κ1) is 12.2. The van der Waals surface area contributed by atoms with Crippen molar-refractivity contribution in [2.75, 3.05) is 25.0 Å². The standard InChI is InChI=1S/C13H19N5O/c1-2-19-10-5-7-15-12-11(10)13(18-17-12)16-9-4-3-6-14-8-9/h5,7,9,14H,2-4,6,8H2,1H3,(H2,15,16,17,18)/t9-/m1/s1. The Labute approximate surface area is 111 Å². The predicted octanol–water partition coefficient (Wildman–Crippen LogP) is 1.52. The lowest BCUT2D eigenvalue weighted by Crippen LogP contribution is -2.38. The Morgan fingerprint density at radius 2 is 2.47 bits per heavy atom. The molecule has 1 aliphatic rings. The van der Waals surface area contributed by atoms with E-state index >= 15 is 0 Å². The second kappa shape index (κ2) is 5.44. The molecule has 19 heavy (non-hydrogen) atoms. The van der Waals surface area contributed by atoms with Crippen LogP contribution in [0, 0.1) is 0 Å². The number of nitrogens with one attached hydrogen (secondary N) is 3. The minimum atomic E-state index is 0.412. The third-order valence-corrected chi connectivity index (χ3v) is 3.36. The molecular formula is C13H19N5O. The maximum Gasteiger partial charge on any atom is 0.161 e. The number of anilines is 1. The normalized spacial score (nSPS) is 19.5. The summed E-state index contributed by atoms with van der Waals surface area (Å²) in [6.07, 6.45) is 4.08. The van der Waals surface area contributed by atoms with Crippen molar-refractivity contribution in [3.8, 4) is 5.75 Å². The molecule has 0 radical (unpaired) electrons. The van der Waals surface area contributed by atoms with Gasteiger partial charge in [0.15, 0.2) is 11.5 Å². The Balaban J connectivity index is 1.89. The molecule has 0 aliphatic carbocycles. The fourth-order valence-electron chi connectivity index (χ4n) is 2.47. The second-order valence-corrected chi connectivity index (χ2v) is 4.73. The van der Waals surface area contributed by atoms with Gasteiger partial charge in [-0.25, -0.2) is 4.98 Å². The summed E-state index contributed by atoms with van der Waals surface area (Å²) in [5.74, 6) is 1.66. The van der Waals surface area contributed by atoms with Crippen molar-refractivity contribution in [2.45, 2.75) is 25.8 Å². The van der Waals surface area contributed by atoms with Crippen LogP contribution in [0.15, 0.2) is 12.3 Å². The molecule has 6 nitrogen and oxygen atoms in total. The summed E-state index contributed by atoms with van der Waals surface area (Å²) in [5.41, 5.74) is 0.761. The number of piperidine rings is 1. The van der Waals surface area contributed by atoms with E-state index in [0.717, 1.165) is 42.1 Å². The molecule has 1 fully saturated rings. The number of H-pyrrole nitrogens is 1.